The SMILES string of the molecule is N#Cc1ccc(NC(=O)c2csc(C#CCO)c2)c(Br)c1. The fourth-order valence-electron chi connectivity index (χ4n) is 1.53. The third-order valence-corrected chi connectivity index (χ3v) is 4.00. The summed E-state index contributed by atoms with van der Waals surface area (Å²) in [6.45, 7) is -0.211. The van der Waals surface area contributed by atoms with Gasteiger partial charge >= 0.3 is 0 Å². The first-order valence-corrected chi connectivity index (χ1v) is 7.50. The summed E-state index contributed by atoms with van der Waals surface area (Å²) >= 11 is 4.65. The van der Waals surface area contributed by atoms with Gasteiger partial charge in [-0.05, 0) is 40.2 Å². The number of anilines is 1. The normalized spacial score (nSPS) is 9.38. The molecule has 0 aliphatic rings. The maximum Gasteiger partial charge on any atom is 0.256 e. The molecule has 0 atom stereocenters. The number of aliphatic hydroxyl groups is 1. The third kappa shape index (κ3) is 3.93. The number of hydrogen-bond acceptors (Lipinski definition) is 4. The summed E-state index contributed by atoms with van der Waals surface area (Å²) in [5.41, 5.74) is 1.60. The van der Waals surface area contributed by atoms with Crippen molar-refractivity contribution < 1.29 is 9.90 Å². The zero-order valence-corrected chi connectivity index (χ0v) is 13.1. The Morgan fingerprint density at radius 2 is 2.24 bits per heavy atom. The molecule has 0 aliphatic carbocycles. The molecular weight excluding hydrogens is 352 g/mol. The molecule has 0 radical (unpaired) electrons. The first-order chi connectivity index (χ1) is 10.1. The van der Waals surface area contributed by atoms with Crippen LogP contribution in [0, 0.1) is 23.2 Å². The Morgan fingerprint density at radius 3 is 2.90 bits per heavy atom. The Bertz CT molecular complexity index is 781. The highest BCUT2D eigenvalue weighted by atomic mass is 79.9. The van der Waals surface area contributed by atoms with Crippen LogP contribution in [0.25, 0.3) is 0 Å². The van der Waals surface area contributed by atoms with Crippen LogP contribution in [0.5, 0.6) is 0 Å². The van der Waals surface area contributed by atoms with E-state index in [2.05, 4.69) is 33.1 Å². The van der Waals surface area contributed by atoms with Gasteiger partial charge in [0.25, 0.3) is 5.91 Å². The minimum absolute atomic E-state index is 0.211. The molecule has 0 aliphatic heterocycles. The molecule has 0 saturated carbocycles. The third-order valence-electron chi connectivity index (χ3n) is 2.50. The molecule has 1 aromatic heterocycles. The molecule has 0 saturated heterocycles. The molecule has 0 fully saturated rings. The second-order valence-electron chi connectivity index (χ2n) is 3.92. The van der Waals surface area contributed by atoms with Crippen LogP contribution >= 0.6 is 27.3 Å². The van der Waals surface area contributed by atoms with Crippen molar-refractivity contribution in [3.63, 3.8) is 0 Å². The summed E-state index contributed by atoms with van der Waals surface area (Å²) in [6, 6.07) is 8.63. The highest BCUT2D eigenvalue weighted by Crippen LogP contribution is 2.24. The number of rotatable bonds is 2. The van der Waals surface area contributed by atoms with Crippen LogP contribution in [0.1, 0.15) is 20.8 Å². The van der Waals surface area contributed by atoms with Crippen LogP contribution in [0.15, 0.2) is 34.1 Å². The van der Waals surface area contributed by atoms with E-state index in [1.807, 2.05) is 6.07 Å². The van der Waals surface area contributed by atoms with Crippen LogP contribution in [-0.2, 0) is 0 Å². The van der Waals surface area contributed by atoms with Gasteiger partial charge in [-0.2, -0.15) is 5.26 Å². The number of benzene rings is 1. The molecule has 2 N–H and O–H groups in total. The molecule has 6 heteroatoms. The fourth-order valence-corrected chi connectivity index (χ4v) is 2.76. The topological polar surface area (TPSA) is 73.1 Å². The quantitative estimate of drug-likeness (QED) is 0.808. The van der Waals surface area contributed by atoms with Crippen molar-refractivity contribution in [1.82, 2.24) is 0 Å². The summed E-state index contributed by atoms with van der Waals surface area (Å²) in [5.74, 6) is 5.03. The molecule has 1 aromatic carbocycles. The number of aliphatic hydroxyl groups excluding tert-OH is 1. The standard InChI is InChI=1S/C15H9BrN2O2S/c16-13-6-10(8-17)3-4-14(13)18-15(20)11-7-12(21-9-11)2-1-5-19/h3-4,6-7,9,19H,5H2,(H,18,20). The van der Waals surface area contributed by atoms with E-state index in [1.54, 1.807) is 29.6 Å². The van der Waals surface area contributed by atoms with Crippen molar-refractivity contribution in [2.45, 2.75) is 0 Å². The van der Waals surface area contributed by atoms with Crippen LogP contribution in [0.2, 0.25) is 0 Å². The second kappa shape index (κ2) is 7.05. The summed E-state index contributed by atoms with van der Waals surface area (Å²) in [6.07, 6.45) is 0. The number of carbonyl (C=O) groups is 1. The van der Waals surface area contributed by atoms with Gasteiger partial charge in [-0.25, -0.2) is 0 Å². The lowest BCUT2D eigenvalue weighted by molar-refractivity contribution is 0.102. The van der Waals surface area contributed by atoms with Crippen LogP contribution in [-0.4, -0.2) is 17.6 Å². The molecule has 21 heavy (non-hydrogen) atoms. The van der Waals surface area contributed by atoms with Crippen molar-refractivity contribution in [3.05, 3.63) is 50.1 Å². The lowest BCUT2D eigenvalue weighted by Crippen LogP contribution is -2.11. The van der Waals surface area contributed by atoms with Gasteiger partial charge in [0, 0.05) is 9.85 Å². The lowest BCUT2D eigenvalue weighted by Gasteiger charge is -2.06. The summed E-state index contributed by atoms with van der Waals surface area (Å²) in [5, 5.41) is 21.9. The molecule has 1 amide bonds. The van der Waals surface area contributed by atoms with Crippen molar-refractivity contribution >= 4 is 38.9 Å². The molecule has 4 nitrogen and oxygen atoms in total. The minimum atomic E-state index is -0.256. The smallest absolute Gasteiger partial charge is 0.256 e. The van der Waals surface area contributed by atoms with E-state index in [1.165, 1.54) is 11.3 Å². The maximum atomic E-state index is 12.1. The summed E-state index contributed by atoms with van der Waals surface area (Å²) < 4.78 is 0.644. The molecule has 0 spiro atoms. The van der Waals surface area contributed by atoms with E-state index in [9.17, 15) is 4.79 Å². The van der Waals surface area contributed by atoms with Gasteiger partial charge in [0.15, 0.2) is 0 Å². The van der Waals surface area contributed by atoms with Gasteiger partial charge in [0.1, 0.15) is 6.61 Å². The number of carbonyl (C=O) groups excluding carboxylic acids is 1. The number of thiophene rings is 1. The first kappa shape index (κ1) is 15.3. The molecule has 1 heterocycles. The van der Waals surface area contributed by atoms with Crippen LogP contribution < -0.4 is 5.32 Å². The monoisotopic (exact) mass is 360 g/mol. The van der Waals surface area contributed by atoms with E-state index in [-0.39, 0.29) is 12.5 Å². The Hall–Kier alpha value is -2.12. The van der Waals surface area contributed by atoms with Gasteiger partial charge in [0.05, 0.1) is 27.8 Å². The number of nitriles is 1. The Morgan fingerprint density at radius 1 is 1.43 bits per heavy atom. The van der Waals surface area contributed by atoms with Crippen molar-refractivity contribution in [2.75, 3.05) is 11.9 Å². The molecule has 2 rings (SSSR count). The molecule has 2 aromatic rings. The number of hydrogen-bond donors (Lipinski definition) is 2. The van der Waals surface area contributed by atoms with Crippen LogP contribution in [0.4, 0.5) is 5.69 Å². The Balaban J connectivity index is 2.15. The molecular formula is C15H9BrN2O2S. The van der Waals surface area contributed by atoms with Gasteiger partial charge < -0.3 is 10.4 Å². The maximum absolute atomic E-state index is 12.1. The Kier molecular flexibility index (Phi) is 5.13. The van der Waals surface area contributed by atoms with E-state index < -0.39 is 0 Å². The van der Waals surface area contributed by atoms with E-state index in [0.29, 0.717) is 26.2 Å². The van der Waals surface area contributed by atoms with Crippen molar-refractivity contribution in [1.29, 1.82) is 5.26 Å². The highest BCUT2D eigenvalue weighted by Gasteiger charge is 2.10. The van der Waals surface area contributed by atoms with Crippen molar-refractivity contribution in [2.24, 2.45) is 0 Å². The predicted molar refractivity (Wildman–Crippen MR) is 85.1 cm³/mol. The number of nitrogens with zero attached hydrogens (tertiary/aromatic N) is 1. The van der Waals surface area contributed by atoms with Gasteiger partial charge in [-0.3, -0.25) is 4.79 Å². The highest BCUT2D eigenvalue weighted by molar-refractivity contribution is 9.10. The lowest BCUT2D eigenvalue weighted by atomic mass is 10.2. The average molecular weight is 361 g/mol. The van der Waals surface area contributed by atoms with Gasteiger partial charge in [-0.15, -0.1) is 11.3 Å². The first-order valence-electron chi connectivity index (χ1n) is 5.83. The molecule has 104 valence electrons. The van der Waals surface area contributed by atoms with Gasteiger partial charge in [-0.1, -0.05) is 11.8 Å². The molecule has 0 bridgehead atoms. The number of halogens is 1. The fraction of sp³-hybridized carbons (Fsp3) is 0.0667. The number of nitrogens with one attached hydrogen (secondary N) is 1. The summed E-state index contributed by atoms with van der Waals surface area (Å²) in [7, 11) is 0. The van der Waals surface area contributed by atoms with Crippen molar-refractivity contribution in [3.8, 4) is 17.9 Å². The van der Waals surface area contributed by atoms with E-state index in [0.717, 1.165) is 0 Å². The van der Waals surface area contributed by atoms with Crippen LogP contribution in [0.3, 0.4) is 0 Å². The zero-order valence-electron chi connectivity index (χ0n) is 10.7. The molecule has 0 unspecified atom stereocenters. The van der Waals surface area contributed by atoms with E-state index in [4.69, 9.17) is 10.4 Å². The zero-order chi connectivity index (χ0) is 15.2. The Labute approximate surface area is 134 Å². The van der Waals surface area contributed by atoms with E-state index >= 15 is 0 Å². The largest absolute Gasteiger partial charge is 0.384 e. The van der Waals surface area contributed by atoms with Gasteiger partial charge in [0.2, 0.25) is 0 Å². The number of amides is 1. The predicted octanol–water partition coefficient (Wildman–Crippen LogP) is 2.98. The second-order valence-corrected chi connectivity index (χ2v) is 5.69. The summed E-state index contributed by atoms with van der Waals surface area (Å²) in [4.78, 5) is 12.8. The average Bonchev–Trinajstić information content (AvgIpc) is 2.96. The minimum Gasteiger partial charge on any atom is -0.384 e.